The highest BCUT2D eigenvalue weighted by Gasteiger charge is 2.37. The van der Waals surface area contributed by atoms with Crippen LogP contribution in [0.2, 0.25) is 0 Å². The van der Waals surface area contributed by atoms with Crippen LogP contribution < -0.4 is 0 Å². The fourth-order valence-corrected chi connectivity index (χ4v) is 0.743. The van der Waals surface area contributed by atoms with E-state index < -0.39 is 12.1 Å². The molecule has 4 nitrogen and oxygen atoms in total. The van der Waals surface area contributed by atoms with E-state index in [1.807, 2.05) is 0 Å². The molecule has 3 atom stereocenters. The predicted molar refractivity (Wildman–Crippen MR) is 33.1 cm³/mol. The molecule has 2 N–H and O–H groups in total. The van der Waals surface area contributed by atoms with E-state index in [9.17, 15) is 0 Å². The van der Waals surface area contributed by atoms with Crippen molar-refractivity contribution in [3.8, 4) is 0 Å². The van der Waals surface area contributed by atoms with Crippen LogP contribution >= 0.6 is 0 Å². The van der Waals surface area contributed by atoms with Crippen LogP contribution in [0.4, 0.5) is 0 Å². The van der Waals surface area contributed by atoms with Crippen molar-refractivity contribution in [2.75, 3.05) is 6.61 Å². The SMILES string of the molecule is C[C@H]1CO[C@](C)(O)[C@H](O)O1. The van der Waals surface area contributed by atoms with E-state index in [-0.39, 0.29) is 6.10 Å². The van der Waals surface area contributed by atoms with Crippen LogP contribution in [0.25, 0.3) is 0 Å². The van der Waals surface area contributed by atoms with E-state index in [4.69, 9.17) is 19.7 Å². The van der Waals surface area contributed by atoms with Gasteiger partial charge in [0.2, 0.25) is 12.1 Å². The molecule has 0 amide bonds. The lowest BCUT2D eigenvalue weighted by molar-refractivity contribution is -0.366. The van der Waals surface area contributed by atoms with Crippen molar-refractivity contribution in [3.63, 3.8) is 0 Å². The predicted octanol–water partition coefficient (Wildman–Crippen LogP) is -0.551. The summed E-state index contributed by atoms with van der Waals surface area (Å²) in [4.78, 5) is 0. The van der Waals surface area contributed by atoms with Gasteiger partial charge in [0.15, 0.2) is 0 Å². The van der Waals surface area contributed by atoms with Crippen molar-refractivity contribution in [2.24, 2.45) is 0 Å². The second kappa shape index (κ2) is 2.47. The van der Waals surface area contributed by atoms with Gasteiger partial charge in [0.05, 0.1) is 12.7 Å². The summed E-state index contributed by atoms with van der Waals surface area (Å²) in [6.07, 6.45) is -1.40. The molecule has 1 aliphatic heterocycles. The van der Waals surface area contributed by atoms with Gasteiger partial charge in [0, 0.05) is 0 Å². The lowest BCUT2D eigenvalue weighted by atomic mass is 10.2. The van der Waals surface area contributed by atoms with Gasteiger partial charge in [-0.1, -0.05) is 0 Å². The van der Waals surface area contributed by atoms with E-state index in [0.29, 0.717) is 6.61 Å². The molecule has 1 aliphatic rings. The number of aliphatic hydroxyl groups is 2. The highest BCUT2D eigenvalue weighted by atomic mass is 16.7. The fourth-order valence-electron chi connectivity index (χ4n) is 0.743. The standard InChI is InChI=1S/C6H12O4/c1-4-3-9-6(2,8)5(7)10-4/h4-5,7-8H,3H2,1-2H3/t4-,5+,6-/m0/s1. The zero-order valence-electron chi connectivity index (χ0n) is 6.07. The third-order valence-corrected chi connectivity index (χ3v) is 1.43. The zero-order valence-corrected chi connectivity index (χ0v) is 6.07. The van der Waals surface area contributed by atoms with Gasteiger partial charge in [0.25, 0.3) is 0 Å². The molecule has 1 fully saturated rings. The maximum absolute atomic E-state index is 9.16. The van der Waals surface area contributed by atoms with Crippen LogP contribution in [0.1, 0.15) is 13.8 Å². The van der Waals surface area contributed by atoms with E-state index >= 15 is 0 Å². The minimum absolute atomic E-state index is 0.157. The Balaban J connectivity index is 2.52. The number of ether oxygens (including phenoxy) is 2. The molecule has 0 aromatic rings. The zero-order chi connectivity index (χ0) is 7.78. The molecular formula is C6H12O4. The van der Waals surface area contributed by atoms with Gasteiger partial charge in [-0.2, -0.15) is 0 Å². The van der Waals surface area contributed by atoms with Crippen LogP contribution in [0.5, 0.6) is 0 Å². The van der Waals surface area contributed by atoms with Gasteiger partial charge in [-0.05, 0) is 13.8 Å². The second-order valence-corrected chi connectivity index (χ2v) is 2.66. The Labute approximate surface area is 59.4 Å². The summed E-state index contributed by atoms with van der Waals surface area (Å²) < 4.78 is 9.75. The van der Waals surface area contributed by atoms with Gasteiger partial charge in [-0.3, -0.25) is 0 Å². The third kappa shape index (κ3) is 1.46. The van der Waals surface area contributed by atoms with Crippen molar-refractivity contribution in [3.05, 3.63) is 0 Å². The quantitative estimate of drug-likeness (QED) is 0.484. The minimum Gasteiger partial charge on any atom is -0.364 e. The van der Waals surface area contributed by atoms with E-state index in [0.717, 1.165) is 0 Å². The molecule has 0 aromatic carbocycles. The Hall–Kier alpha value is -0.160. The number of hydrogen-bond donors (Lipinski definition) is 2. The van der Waals surface area contributed by atoms with Gasteiger partial charge >= 0.3 is 0 Å². The average Bonchev–Trinajstić information content (AvgIpc) is 1.81. The van der Waals surface area contributed by atoms with Gasteiger partial charge in [-0.25, -0.2) is 0 Å². The Morgan fingerprint density at radius 2 is 2.20 bits per heavy atom. The molecule has 1 rings (SSSR count). The summed E-state index contributed by atoms with van der Waals surface area (Å²) in [6, 6.07) is 0. The monoisotopic (exact) mass is 148 g/mol. The smallest absolute Gasteiger partial charge is 0.215 e. The van der Waals surface area contributed by atoms with Gasteiger partial charge < -0.3 is 19.7 Å². The largest absolute Gasteiger partial charge is 0.364 e. The average molecular weight is 148 g/mol. The topological polar surface area (TPSA) is 58.9 Å². The van der Waals surface area contributed by atoms with E-state index in [2.05, 4.69) is 0 Å². The summed E-state index contributed by atoms with van der Waals surface area (Å²) in [5.41, 5.74) is 0. The number of aliphatic hydroxyl groups excluding tert-OH is 1. The fraction of sp³-hybridized carbons (Fsp3) is 1.00. The number of hydrogen-bond acceptors (Lipinski definition) is 4. The molecule has 1 heterocycles. The van der Waals surface area contributed by atoms with Crippen molar-refractivity contribution in [1.29, 1.82) is 0 Å². The van der Waals surface area contributed by atoms with Crippen LogP contribution in [0.15, 0.2) is 0 Å². The molecule has 0 aliphatic carbocycles. The summed E-state index contributed by atoms with van der Waals surface area (Å²) in [7, 11) is 0. The Kier molecular flexibility index (Phi) is 1.96. The normalized spacial score (nSPS) is 49.2. The summed E-state index contributed by atoms with van der Waals surface area (Å²) in [5, 5.41) is 18.2. The van der Waals surface area contributed by atoms with Crippen LogP contribution in [0, 0.1) is 0 Å². The summed E-state index contributed by atoms with van der Waals surface area (Å²) in [6.45, 7) is 3.44. The first-order valence-corrected chi connectivity index (χ1v) is 3.22. The Bertz CT molecular complexity index is 123. The first-order valence-electron chi connectivity index (χ1n) is 3.22. The molecule has 60 valence electrons. The molecule has 0 unspecified atom stereocenters. The lowest BCUT2D eigenvalue weighted by Gasteiger charge is -2.36. The molecule has 0 bridgehead atoms. The van der Waals surface area contributed by atoms with E-state index in [1.165, 1.54) is 6.92 Å². The molecule has 1 saturated heterocycles. The molecule has 4 heteroatoms. The molecule has 0 saturated carbocycles. The molecule has 0 aromatic heterocycles. The first kappa shape index (κ1) is 7.94. The van der Waals surface area contributed by atoms with Crippen molar-refractivity contribution in [2.45, 2.75) is 32.0 Å². The highest BCUT2D eigenvalue weighted by molar-refractivity contribution is 4.70. The lowest BCUT2D eigenvalue weighted by Crippen LogP contribution is -2.51. The maximum atomic E-state index is 9.16. The van der Waals surface area contributed by atoms with Crippen molar-refractivity contribution < 1.29 is 19.7 Å². The number of rotatable bonds is 0. The second-order valence-electron chi connectivity index (χ2n) is 2.66. The molecule has 0 radical (unpaired) electrons. The Morgan fingerprint density at radius 3 is 2.60 bits per heavy atom. The van der Waals surface area contributed by atoms with Crippen molar-refractivity contribution >= 4 is 0 Å². The van der Waals surface area contributed by atoms with Crippen LogP contribution in [-0.4, -0.2) is 35.0 Å². The third-order valence-electron chi connectivity index (χ3n) is 1.43. The van der Waals surface area contributed by atoms with Gasteiger partial charge in [0.1, 0.15) is 0 Å². The van der Waals surface area contributed by atoms with Crippen LogP contribution in [-0.2, 0) is 9.47 Å². The molecular weight excluding hydrogens is 136 g/mol. The van der Waals surface area contributed by atoms with E-state index in [1.54, 1.807) is 6.92 Å². The molecule has 0 spiro atoms. The van der Waals surface area contributed by atoms with Gasteiger partial charge in [-0.15, -0.1) is 0 Å². The Morgan fingerprint density at radius 1 is 1.60 bits per heavy atom. The first-order chi connectivity index (χ1) is 4.52. The van der Waals surface area contributed by atoms with Crippen LogP contribution in [0.3, 0.4) is 0 Å². The minimum atomic E-state index is -1.55. The molecule has 10 heavy (non-hydrogen) atoms. The van der Waals surface area contributed by atoms with Crippen molar-refractivity contribution in [1.82, 2.24) is 0 Å². The maximum Gasteiger partial charge on any atom is 0.215 e. The highest BCUT2D eigenvalue weighted by Crippen LogP contribution is 2.20. The summed E-state index contributed by atoms with van der Waals surface area (Å²) >= 11 is 0. The summed E-state index contributed by atoms with van der Waals surface area (Å²) in [5.74, 6) is -1.55.